The predicted molar refractivity (Wildman–Crippen MR) is 92.3 cm³/mol. The van der Waals surface area contributed by atoms with Crippen LogP contribution in [-0.4, -0.2) is 34.4 Å². The third-order valence-corrected chi connectivity index (χ3v) is 4.60. The molecule has 126 valence electrons. The van der Waals surface area contributed by atoms with Crippen molar-refractivity contribution in [3.05, 3.63) is 59.9 Å². The van der Waals surface area contributed by atoms with Gasteiger partial charge in [0.15, 0.2) is 0 Å². The second kappa shape index (κ2) is 7.34. The van der Waals surface area contributed by atoms with E-state index in [4.69, 9.17) is 0 Å². The van der Waals surface area contributed by atoms with Gasteiger partial charge >= 0.3 is 0 Å². The maximum absolute atomic E-state index is 12.5. The Labute approximate surface area is 142 Å². The van der Waals surface area contributed by atoms with Gasteiger partial charge < -0.3 is 14.8 Å². The normalized spacial score (nSPS) is 17.5. The smallest absolute Gasteiger partial charge is 0.253 e. The second-order valence-corrected chi connectivity index (χ2v) is 6.28. The van der Waals surface area contributed by atoms with Crippen molar-refractivity contribution in [1.82, 2.24) is 14.8 Å². The lowest BCUT2D eigenvalue weighted by atomic mass is 9.96. The average Bonchev–Trinajstić information content (AvgIpc) is 3.05. The minimum atomic E-state index is -0.133. The lowest BCUT2D eigenvalue weighted by molar-refractivity contribution is -0.126. The minimum Gasteiger partial charge on any atom is -0.353 e. The molecule has 5 nitrogen and oxygen atoms in total. The highest BCUT2D eigenvalue weighted by Gasteiger charge is 2.28. The van der Waals surface area contributed by atoms with Crippen molar-refractivity contribution in [3.8, 4) is 0 Å². The monoisotopic (exact) mass is 325 g/mol. The Kier molecular flexibility index (Phi) is 4.99. The molecule has 2 heterocycles. The number of rotatable bonds is 4. The number of carbonyl (C=O) groups excluding carboxylic acids is 2. The van der Waals surface area contributed by atoms with Crippen molar-refractivity contribution in [1.29, 1.82) is 0 Å². The maximum atomic E-state index is 12.5. The molecule has 0 spiro atoms. The van der Waals surface area contributed by atoms with Crippen LogP contribution >= 0.6 is 0 Å². The van der Waals surface area contributed by atoms with Gasteiger partial charge in [-0.3, -0.25) is 9.59 Å². The number of nitrogens with zero attached hydrogens (tertiary/aromatic N) is 2. The Morgan fingerprint density at radius 1 is 1.17 bits per heavy atom. The van der Waals surface area contributed by atoms with Gasteiger partial charge in [0, 0.05) is 37.6 Å². The molecule has 2 amide bonds. The third kappa shape index (κ3) is 3.67. The number of hydrogen-bond acceptors (Lipinski definition) is 2. The first-order valence-corrected chi connectivity index (χ1v) is 8.37. The first-order chi connectivity index (χ1) is 11.6. The number of carbonyl (C=O) groups is 2. The van der Waals surface area contributed by atoms with E-state index >= 15 is 0 Å². The van der Waals surface area contributed by atoms with E-state index in [1.807, 2.05) is 60.3 Å². The summed E-state index contributed by atoms with van der Waals surface area (Å²) in [6, 6.07) is 13.2. The van der Waals surface area contributed by atoms with E-state index in [1.54, 1.807) is 4.90 Å². The summed E-state index contributed by atoms with van der Waals surface area (Å²) >= 11 is 0. The van der Waals surface area contributed by atoms with E-state index in [1.165, 1.54) is 0 Å². The summed E-state index contributed by atoms with van der Waals surface area (Å²) in [4.78, 5) is 26.8. The average molecular weight is 325 g/mol. The van der Waals surface area contributed by atoms with Gasteiger partial charge in [-0.1, -0.05) is 18.2 Å². The second-order valence-electron chi connectivity index (χ2n) is 6.28. The van der Waals surface area contributed by atoms with Crippen LogP contribution in [0, 0.1) is 5.92 Å². The van der Waals surface area contributed by atoms with Gasteiger partial charge in [0.1, 0.15) is 0 Å². The van der Waals surface area contributed by atoms with Crippen LogP contribution in [0.4, 0.5) is 0 Å². The van der Waals surface area contributed by atoms with Gasteiger partial charge in [0.25, 0.3) is 5.91 Å². The van der Waals surface area contributed by atoms with Crippen molar-refractivity contribution >= 4 is 11.8 Å². The fourth-order valence-corrected chi connectivity index (χ4v) is 3.14. The van der Waals surface area contributed by atoms with E-state index in [-0.39, 0.29) is 17.7 Å². The quantitative estimate of drug-likeness (QED) is 0.937. The highest BCUT2D eigenvalue weighted by molar-refractivity contribution is 5.94. The number of benzene rings is 1. The molecule has 1 aromatic carbocycles. The third-order valence-electron chi connectivity index (χ3n) is 4.60. The van der Waals surface area contributed by atoms with Crippen LogP contribution in [0.5, 0.6) is 0 Å². The molecular weight excluding hydrogens is 302 g/mol. The molecule has 1 aliphatic rings. The zero-order valence-electron chi connectivity index (χ0n) is 13.9. The number of hydrogen-bond donors (Lipinski definition) is 1. The molecule has 2 aromatic rings. The van der Waals surface area contributed by atoms with Crippen LogP contribution in [0.3, 0.4) is 0 Å². The van der Waals surface area contributed by atoms with Gasteiger partial charge in [-0.15, -0.1) is 0 Å². The summed E-state index contributed by atoms with van der Waals surface area (Å²) in [6.07, 6.45) is 3.65. The molecule has 0 bridgehead atoms. The van der Waals surface area contributed by atoms with Gasteiger partial charge in [0.05, 0.1) is 12.5 Å². The van der Waals surface area contributed by atoms with Crippen LogP contribution in [0.1, 0.15) is 28.9 Å². The molecule has 0 aliphatic carbocycles. The molecule has 1 N–H and O–H groups in total. The number of amides is 2. The van der Waals surface area contributed by atoms with Crippen LogP contribution in [-0.2, 0) is 18.4 Å². The molecule has 0 saturated carbocycles. The molecule has 1 unspecified atom stereocenters. The van der Waals surface area contributed by atoms with Crippen molar-refractivity contribution in [2.45, 2.75) is 19.4 Å². The lowest BCUT2D eigenvalue weighted by Gasteiger charge is -2.32. The van der Waals surface area contributed by atoms with E-state index < -0.39 is 0 Å². The number of nitrogens with one attached hydrogen (secondary N) is 1. The number of piperidine rings is 1. The van der Waals surface area contributed by atoms with Gasteiger partial charge in [-0.25, -0.2) is 0 Å². The Balaban J connectivity index is 1.58. The number of aromatic nitrogens is 1. The fourth-order valence-electron chi connectivity index (χ4n) is 3.14. The Morgan fingerprint density at radius 3 is 2.67 bits per heavy atom. The summed E-state index contributed by atoms with van der Waals surface area (Å²) in [6.45, 7) is 1.73. The number of likely N-dealkylation sites (tertiary alicyclic amines) is 1. The largest absolute Gasteiger partial charge is 0.353 e. The molecule has 1 atom stereocenters. The van der Waals surface area contributed by atoms with E-state index in [0.29, 0.717) is 18.7 Å². The van der Waals surface area contributed by atoms with Crippen molar-refractivity contribution in [3.63, 3.8) is 0 Å². The molecule has 1 saturated heterocycles. The van der Waals surface area contributed by atoms with E-state index in [0.717, 1.165) is 25.1 Å². The molecular formula is C19H23N3O2. The highest BCUT2D eigenvalue weighted by atomic mass is 16.2. The topological polar surface area (TPSA) is 54.3 Å². The zero-order chi connectivity index (χ0) is 16.9. The molecule has 24 heavy (non-hydrogen) atoms. The molecule has 5 heteroatoms. The fraction of sp³-hybridized carbons (Fsp3) is 0.368. The molecule has 1 aromatic heterocycles. The van der Waals surface area contributed by atoms with E-state index in [2.05, 4.69) is 5.32 Å². The molecule has 1 aliphatic heterocycles. The van der Waals surface area contributed by atoms with Gasteiger partial charge in [-0.2, -0.15) is 0 Å². The summed E-state index contributed by atoms with van der Waals surface area (Å²) in [5, 5.41) is 3.00. The molecule has 3 rings (SSSR count). The Morgan fingerprint density at radius 2 is 1.96 bits per heavy atom. The molecule has 0 radical (unpaired) electrons. The molecule has 1 fully saturated rings. The summed E-state index contributed by atoms with van der Waals surface area (Å²) < 4.78 is 1.99. The lowest BCUT2D eigenvalue weighted by Crippen LogP contribution is -2.45. The van der Waals surface area contributed by atoms with Crippen LogP contribution < -0.4 is 5.32 Å². The highest BCUT2D eigenvalue weighted by Crippen LogP contribution is 2.19. The SMILES string of the molecule is Cn1cccc1CNC(=O)C1CCCN(C(=O)c2ccccc2)C1. The van der Waals surface area contributed by atoms with Gasteiger partial charge in [-0.05, 0) is 37.1 Å². The Bertz CT molecular complexity index is 708. The minimum absolute atomic E-state index is 0.00975. The first kappa shape index (κ1) is 16.3. The summed E-state index contributed by atoms with van der Waals surface area (Å²) in [5.41, 5.74) is 1.75. The summed E-state index contributed by atoms with van der Waals surface area (Å²) in [7, 11) is 1.96. The van der Waals surface area contributed by atoms with Crippen molar-refractivity contribution in [2.24, 2.45) is 13.0 Å². The standard InChI is InChI=1S/C19H23N3O2/c1-21-11-6-10-17(21)13-20-18(23)16-9-5-12-22(14-16)19(24)15-7-3-2-4-8-15/h2-4,6-8,10-11,16H,5,9,12-14H2,1H3,(H,20,23). The van der Waals surface area contributed by atoms with Crippen molar-refractivity contribution in [2.75, 3.05) is 13.1 Å². The first-order valence-electron chi connectivity index (χ1n) is 8.37. The number of aryl methyl sites for hydroxylation is 1. The van der Waals surface area contributed by atoms with E-state index in [9.17, 15) is 9.59 Å². The van der Waals surface area contributed by atoms with Crippen LogP contribution in [0.2, 0.25) is 0 Å². The zero-order valence-corrected chi connectivity index (χ0v) is 13.9. The Hall–Kier alpha value is -2.56. The summed E-state index contributed by atoms with van der Waals surface area (Å²) in [5.74, 6) is -0.0935. The van der Waals surface area contributed by atoms with Crippen LogP contribution in [0.25, 0.3) is 0 Å². The van der Waals surface area contributed by atoms with Crippen LogP contribution in [0.15, 0.2) is 48.7 Å². The predicted octanol–water partition coefficient (Wildman–Crippen LogP) is 2.19. The van der Waals surface area contributed by atoms with Gasteiger partial charge in [0.2, 0.25) is 5.91 Å². The maximum Gasteiger partial charge on any atom is 0.253 e. The van der Waals surface area contributed by atoms with Crippen molar-refractivity contribution < 1.29 is 9.59 Å².